The number of carbonyl (C=O) groups is 3. The van der Waals surface area contributed by atoms with Crippen molar-refractivity contribution in [3.8, 4) is 0 Å². The van der Waals surface area contributed by atoms with Crippen LogP contribution in [-0.2, 0) is 14.4 Å². The molecule has 0 aliphatic carbocycles. The van der Waals surface area contributed by atoms with Gasteiger partial charge in [0.1, 0.15) is 0 Å². The summed E-state index contributed by atoms with van der Waals surface area (Å²) in [6.07, 6.45) is 0.753. The second-order valence-electron chi connectivity index (χ2n) is 5.26. The fourth-order valence-corrected chi connectivity index (χ4v) is 1.73. The highest BCUT2D eigenvalue weighted by Crippen LogP contribution is 2.02. The fourth-order valence-electron chi connectivity index (χ4n) is 1.73. The average Bonchev–Trinajstić information content (AvgIpc) is 2.47. The van der Waals surface area contributed by atoms with E-state index < -0.39 is 36.2 Å². The fraction of sp³-hybridized carbons (Fsp3) is 0.571. The standard InChI is InChI=1S/C14H26N6O4/c1-8(10(15)4-3-5-18-14(16)17)19-7-12(22)20-11(9(2)21)6-13(23)24/h10-11,19H,1,3-7,15H2,2H3,(H,20,22)(H,23,24)(H4,16,17,18). The largest absolute Gasteiger partial charge is 0.481 e. The molecule has 136 valence electrons. The number of nitrogens with one attached hydrogen (secondary N) is 2. The van der Waals surface area contributed by atoms with Crippen LogP contribution < -0.4 is 27.8 Å². The Labute approximate surface area is 140 Å². The smallest absolute Gasteiger partial charge is 0.305 e. The van der Waals surface area contributed by atoms with Gasteiger partial charge in [-0.1, -0.05) is 6.58 Å². The quantitative estimate of drug-likeness (QED) is 0.134. The van der Waals surface area contributed by atoms with Crippen LogP contribution in [0.3, 0.4) is 0 Å². The number of hydrogen-bond acceptors (Lipinski definition) is 6. The van der Waals surface area contributed by atoms with Crippen LogP contribution >= 0.6 is 0 Å². The minimum Gasteiger partial charge on any atom is -0.481 e. The van der Waals surface area contributed by atoms with Crippen LogP contribution in [0, 0.1) is 0 Å². The number of guanidine groups is 1. The average molecular weight is 342 g/mol. The molecule has 2 atom stereocenters. The Morgan fingerprint density at radius 1 is 1.29 bits per heavy atom. The lowest BCUT2D eigenvalue weighted by molar-refractivity contribution is -0.139. The molecule has 0 aromatic rings. The number of Topliss-reactive ketones (excluding diaryl/α,β-unsaturated/α-hetero) is 1. The molecule has 24 heavy (non-hydrogen) atoms. The molecule has 0 spiro atoms. The molecule has 0 aromatic carbocycles. The molecule has 0 aliphatic rings. The first-order valence-electron chi connectivity index (χ1n) is 7.38. The maximum Gasteiger partial charge on any atom is 0.305 e. The molecule has 0 saturated heterocycles. The van der Waals surface area contributed by atoms with E-state index in [0.29, 0.717) is 25.1 Å². The van der Waals surface area contributed by atoms with Crippen molar-refractivity contribution < 1.29 is 19.5 Å². The zero-order valence-corrected chi connectivity index (χ0v) is 13.7. The Bertz CT molecular complexity index is 501. The lowest BCUT2D eigenvalue weighted by atomic mass is 10.1. The Hall–Kier alpha value is -2.62. The molecule has 0 saturated carbocycles. The normalized spacial score (nSPS) is 12.6. The van der Waals surface area contributed by atoms with Crippen LogP contribution in [-0.4, -0.2) is 53.9 Å². The third-order valence-corrected chi connectivity index (χ3v) is 3.10. The van der Waals surface area contributed by atoms with Crippen molar-refractivity contribution in [2.75, 3.05) is 13.1 Å². The number of aliphatic carboxylic acids is 1. The lowest BCUT2D eigenvalue weighted by Gasteiger charge is -2.18. The first-order chi connectivity index (χ1) is 11.1. The van der Waals surface area contributed by atoms with Gasteiger partial charge in [-0.25, -0.2) is 0 Å². The number of amides is 1. The van der Waals surface area contributed by atoms with Gasteiger partial charge in [-0.2, -0.15) is 0 Å². The molecule has 9 N–H and O–H groups in total. The van der Waals surface area contributed by atoms with Gasteiger partial charge in [0.2, 0.25) is 5.91 Å². The number of rotatable bonds is 12. The first kappa shape index (κ1) is 21.4. The monoisotopic (exact) mass is 342 g/mol. The number of ketones is 1. The van der Waals surface area contributed by atoms with Gasteiger partial charge >= 0.3 is 5.97 Å². The molecule has 10 nitrogen and oxygen atoms in total. The predicted molar refractivity (Wildman–Crippen MR) is 89.9 cm³/mol. The van der Waals surface area contributed by atoms with E-state index >= 15 is 0 Å². The topological polar surface area (TPSA) is 186 Å². The number of carboxylic acid groups (broad SMARTS) is 1. The maximum atomic E-state index is 11.8. The first-order valence-corrected chi connectivity index (χ1v) is 7.38. The molecule has 0 aromatic heterocycles. The van der Waals surface area contributed by atoms with Crippen LogP contribution in [0.4, 0.5) is 0 Å². The van der Waals surface area contributed by atoms with Gasteiger partial charge in [0.05, 0.1) is 19.0 Å². The molecular formula is C14H26N6O4. The Morgan fingerprint density at radius 3 is 2.42 bits per heavy atom. The van der Waals surface area contributed by atoms with Crippen molar-refractivity contribution in [2.45, 2.75) is 38.3 Å². The Balaban J connectivity index is 4.19. The van der Waals surface area contributed by atoms with Gasteiger partial charge in [0.25, 0.3) is 0 Å². The van der Waals surface area contributed by atoms with Crippen LogP contribution in [0.5, 0.6) is 0 Å². The summed E-state index contributed by atoms with van der Waals surface area (Å²) in [4.78, 5) is 37.5. The lowest BCUT2D eigenvalue weighted by Crippen LogP contribution is -2.45. The predicted octanol–water partition coefficient (Wildman–Crippen LogP) is -1.98. The second kappa shape index (κ2) is 11.0. The number of nitrogens with zero attached hydrogens (tertiary/aromatic N) is 1. The summed E-state index contributed by atoms with van der Waals surface area (Å²) in [5.41, 5.74) is 16.8. The molecule has 0 fully saturated rings. The summed E-state index contributed by atoms with van der Waals surface area (Å²) >= 11 is 0. The summed E-state index contributed by atoms with van der Waals surface area (Å²) in [5, 5.41) is 13.8. The summed E-state index contributed by atoms with van der Waals surface area (Å²) in [7, 11) is 0. The molecule has 0 radical (unpaired) electrons. The highest BCUT2D eigenvalue weighted by molar-refractivity contribution is 5.91. The van der Waals surface area contributed by atoms with E-state index in [2.05, 4.69) is 22.2 Å². The van der Waals surface area contributed by atoms with Crippen molar-refractivity contribution in [2.24, 2.45) is 22.2 Å². The van der Waals surface area contributed by atoms with E-state index in [1.54, 1.807) is 0 Å². The van der Waals surface area contributed by atoms with E-state index in [0.717, 1.165) is 0 Å². The van der Waals surface area contributed by atoms with Crippen molar-refractivity contribution in [3.05, 3.63) is 12.3 Å². The van der Waals surface area contributed by atoms with E-state index in [1.165, 1.54) is 6.92 Å². The minimum absolute atomic E-state index is 0.0126. The minimum atomic E-state index is -1.17. The molecule has 0 aliphatic heterocycles. The van der Waals surface area contributed by atoms with E-state index in [-0.39, 0.29) is 12.5 Å². The molecule has 0 bridgehead atoms. The van der Waals surface area contributed by atoms with E-state index in [1.807, 2.05) is 0 Å². The number of carboxylic acids is 1. The molecule has 0 rings (SSSR count). The maximum absolute atomic E-state index is 11.8. The van der Waals surface area contributed by atoms with Gasteiger partial charge in [-0.3, -0.25) is 19.4 Å². The molecule has 1 amide bonds. The summed E-state index contributed by atoms with van der Waals surface area (Å²) in [5.74, 6) is -2.11. The van der Waals surface area contributed by atoms with Crippen LogP contribution in [0.15, 0.2) is 17.3 Å². The summed E-state index contributed by atoms with van der Waals surface area (Å²) in [6, 6.07) is -1.45. The van der Waals surface area contributed by atoms with Crippen molar-refractivity contribution in [1.29, 1.82) is 0 Å². The van der Waals surface area contributed by atoms with Gasteiger partial charge in [0, 0.05) is 18.3 Å². The van der Waals surface area contributed by atoms with Crippen LogP contribution in [0.2, 0.25) is 0 Å². The second-order valence-corrected chi connectivity index (χ2v) is 5.26. The van der Waals surface area contributed by atoms with Crippen molar-refractivity contribution in [3.63, 3.8) is 0 Å². The molecular weight excluding hydrogens is 316 g/mol. The van der Waals surface area contributed by atoms with Crippen LogP contribution in [0.1, 0.15) is 26.2 Å². The highest BCUT2D eigenvalue weighted by atomic mass is 16.4. The number of nitrogens with two attached hydrogens (primary N) is 3. The molecule has 10 heteroatoms. The van der Waals surface area contributed by atoms with Gasteiger partial charge in [0.15, 0.2) is 11.7 Å². The number of carbonyl (C=O) groups excluding carboxylic acids is 2. The van der Waals surface area contributed by atoms with Crippen molar-refractivity contribution >= 4 is 23.6 Å². The van der Waals surface area contributed by atoms with Crippen molar-refractivity contribution in [1.82, 2.24) is 10.6 Å². The highest BCUT2D eigenvalue weighted by Gasteiger charge is 2.20. The van der Waals surface area contributed by atoms with Crippen LogP contribution in [0.25, 0.3) is 0 Å². The van der Waals surface area contributed by atoms with Gasteiger partial charge in [-0.05, 0) is 19.8 Å². The molecule has 2 unspecified atom stereocenters. The van der Waals surface area contributed by atoms with E-state index in [4.69, 9.17) is 22.3 Å². The Morgan fingerprint density at radius 2 is 1.92 bits per heavy atom. The third-order valence-electron chi connectivity index (χ3n) is 3.10. The zero-order valence-electron chi connectivity index (χ0n) is 13.7. The SMILES string of the molecule is C=C(NCC(=O)NC(CC(=O)O)C(C)=O)C(N)CCCN=C(N)N. The third kappa shape index (κ3) is 10.2. The van der Waals surface area contributed by atoms with Gasteiger partial charge in [-0.15, -0.1) is 0 Å². The Kier molecular flexibility index (Phi) is 9.80. The molecule has 0 heterocycles. The van der Waals surface area contributed by atoms with Gasteiger partial charge < -0.3 is 32.9 Å². The summed E-state index contributed by atoms with van der Waals surface area (Å²) < 4.78 is 0. The van der Waals surface area contributed by atoms with E-state index in [9.17, 15) is 14.4 Å². The number of aliphatic imine (C=N–C) groups is 1. The summed E-state index contributed by atoms with van der Waals surface area (Å²) in [6.45, 7) is 5.24. The zero-order chi connectivity index (χ0) is 18.7. The number of hydrogen-bond donors (Lipinski definition) is 6.